The SMILES string of the molecule is O=C(NC1CC2CC1CN2)n1ccc(I)c1. The van der Waals surface area contributed by atoms with Crippen LogP contribution < -0.4 is 10.6 Å². The molecule has 3 rings (SSSR count). The van der Waals surface area contributed by atoms with Gasteiger partial charge in [0.05, 0.1) is 0 Å². The zero-order valence-electron chi connectivity index (χ0n) is 8.82. The van der Waals surface area contributed by atoms with E-state index in [9.17, 15) is 4.79 Å². The Morgan fingerprint density at radius 1 is 1.56 bits per heavy atom. The van der Waals surface area contributed by atoms with Gasteiger partial charge in [-0.15, -0.1) is 0 Å². The summed E-state index contributed by atoms with van der Waals surface area (Å²) in [7, 11) is 0. The number of carbonyl (C=O) groups is 1. The first kappa shape index (κ1) is 10.6. The molecule has 1 aromatic rings. The third-order valence-electron chi connectivity index (χ3n) is 3.56. The van der Waals surface area contributed by atoms with Gasteiger partial charge in [-0.25, -0.2) is 4.79 Å². The number of rotatable bonds is 1. The van der Waals surface area contributed by atoms with E-state index in [4.69, 9.17) is 0 Å². The van der Waals surface area contributed by atoms with E-state index in [1.807, 2.05) is 18.5 Å². The molecule has 86 valence electrons. The molecule has 2 bridgehead atoms. The maximum atomic E-state index is 11.9. The van der Waals surface area contributed by atoms with Crippen LogP contribution in [0.2, 0.25) is 0 Å². The van der Waals surface area contributed by atoms with Crippen LogP contribution >= 0.6 is 22.6 Å². The van der Waals surface area contributed by atoms with Crippen molar-refractivity contribution in [1.29, 1.82) is 0 Å². The predicted octanol–water partition coefficient (Wildman–Crippen LogP) is 1.40. The number of amides is 1. The molecule has 1 saturated carbocycles. The number of fused-ring (bicyclic) bond motifs is 2. The molecule has 0 radical (unpaired) electrons. The standard InChI is InChI=1S/C11H14IN3O/c12-8-1-2-15(6-8)11(16)14-10-4-9-3-7(10)5-13-9/h1-2,6-7,9-10,13H,3-5H2,(H,14,16). The van der Waals surface area contributed by atoms with Gasteiger partial charge in [-0.1, -0.05) is 0 Å². The lowest BCUT2D eigenvalue weighted by atomic mass is 10.0. The topological polar surface area (TPSA) is 46.1 Å². The van der Waals surface area contributed by atoms with Gasteiger partial charge < -0.3 is 10.6 Å². The molecule has 3 atom stereocenters. The zero-order chi connectivity index (χ0) is 11.1. The van der Waals surface area contributed by atoms with Crippen molar-refractivity contribution >= 4 is 28.6 Å². The summed E-state index contributed by atoms with van der Waals surface area (Å²) in [6.45, 7) is 1.05. The number of aromatic nitrogens is 1. The zero-order valence-corrected chi connectivity index (χ0v) is 11.0. The van der Waals surface area contributed by atoms with Crippen LogP contribution in [0.5, 0.6) is 0 Å². The first-order chi connectivity index (χ1) is 7.72. The fraction of sp³-hybridized carbons (Fsp3) is 0.545. The second-order valence-electron chi connectivity index (χ2n) is 4.63. The van der Waals surface area contributed by atoms with E-state index in [-0.39, 0.29) is 6.03 Å². The number of halogens is 1. The van der Waals surface area contributed by atoms with E-state index < -0.39 is 0 Å². The second-order valence-corrected chi connectivity index (χ2v) is 5.88. The van der Waals surface area contributed by atoms with Gasteiger partial charge in [-0.3, -0.25) is 4.57 Å². The Balaban J connectivity index is 1.65. The van der Waals surface area contributed by atoms with Gasteiger partial charge in [0.1, 0.15) is 0 Å². The summed E-state index contributed by atoms with van der Waals surface area (Å²) < 4.78 is 2.71. The maximum Gasteiger partial charge on any atom is 0.325 e. The van der Waals surface area contributed by atoms with Crippen LogP contribution in [0.15, 0.2) is 18.5 Å². The molecule has 3 unspecified atom stereocenters. The molecular weight excluding hydrogens is 317 g/mol. The highest BCUT2D eigenvalue weighted by molar-refractivity contribution is 14.1. The van der Waals surface area contributed by atoms with E-state index in [1.54, 1.807) is 4.57 Å². The molecule has 0 spiro atoms. The summed E-state index contributed by atoms with van der Waals surface area (Å²) in [6, 6.07) is 2.92. The van der Waals surface area contributed by atoms with Gasteiger partial charge in [0.25, 0.3) is 0 Å². The average molecular weight is 331 g/mol. The molecule has 2 fully saturated rings. The van der Waals surface area contributed by atoms with Crippen molar-refractivity contribution in [1.82, 2.24) is 15.2 Å². The van der Waals surface area contributed by atoms with E-state index in [1.165, 1.54) is 6.42 Å². The molecule has 4 nitrogen and oxygen atoms in total. The number of piperidine rings is 1. The molecule has 2 aliphatic rings. The van der Waals surface area contributed by atoms with Crippen molar-refractivity contribution in [2.45, 2.75) is 24.9 Å². The van der Waals surface area contributed by atoms with E-state index in [0.29, 0.717) is 18.0 Å². The highest BCUT2D eigenvalue weighted by Crippen LogP contribution is 2.31. The molecule has 1 aliphatic carbocycles. The van der Waals surface area contributed by atoms with E-state index >= 15 is 0 Å². The number of hydrogen-bond acceptors (Lipinski definition) is 2. The molecule has 5 heteroatoms. The highest BCUT2D eigenvalue weighted by Gasteiger charge is 2.40. The Bertz CT molecular complexity index is 417. The molecule has 1 aliphatic heterocycles. The number of hydrogen-bond donors (Lipinski definition) is 2. The van der Waals surface area contributed by atoms with Gasteiger partial charge in [-0.2, -0.15) is 0 Å². The number of nitrogens with zero attached hydrogens (tertiary/aromatic N) is 1. The first-order valence-corrected chi connectivity index (χ1v) is 6.68. The Morgan fingerprint density at radius 2 is 2.44 bits per heavy atom. The molecule has 1 saturated heterocycles. The molecule has 1 aromatic heterocycles. The maximum absolute atomic E-state index is 11.9. The van der Waals surface area contributed by atoms with E-state index in [0.717, 1.165) is 16.5 Å². The van der Waals surface area contributed by atoms with E-state index in [2.05, 4.69) is 33.2 Å². The minimum absolute atomic E-state index is 0.000431. The number of carbonyl (C=O) groups excluding carboxylic acids is 1. The van der Waals surface area contributed by atoms with Gasteiger partial charge in [0.2, 0.25) is 0 Å². The first-order valence-electron chi connectivity index (χ1n) is 5.60. The Morgan fingerprint density at radius 3 is 3.00 bits per heavy atom. The fourth-order valence-electron chi connectivity index (χ4n) is 2.74. The Hall–Kier alpha value is -0.560. The fourth-order valence-corrected chi connectivity index (χ4v) is 3.20. The van der Waals surface area contributed by atoms with Gasteiger partial charge >= 0.3 is 6.03 Å². The predicted molar refractivity (Wildman–Crippen MR) is 69.4 cm³/mol. The summed E-state index contributed by atoms with van der Waals surface area (Å²) in [4.78, 5) is 11.9. The summed E-state index contributed by atoms with van der Waals surface area (Å²) in [5.74, 6) is 0.628. The van der Waals surface area contributed by atoms with Crippen LogP contribution in [0.25, 0.3) is 0 Å². The Kier molecular flexibility index (Phi) is 2.67. The lowest BCUT2D eigenvalue weighted by Gasteiger charge is -2.23. The van der Waals surface area contributed by atoms with Crippen LogP contribution in [0, 0.1) is 9.49 Å². The largest absolute Gasteiger partial charge is 0.334 e. The Labute approximate surface area is 108 Å². The smallest absolute Gasteiger partial charge is 0.325 e. The summed E-state index contributed by atoms with van der Waals surface area (Å²) in [5, 5.41) is 6.56. The minimum Gasteiger partial charge on any atom is -0.334 e. The minimum atomic E-state index is 0.000431. The van der Waals surface area contributed by atoms with Crippen LogP contribution in [0.3, 0.4) is 0 Å². The third-order valence-corrected chi connectivity index (χ3v) is 4.20. The van der Waals surface area contributed by atoms with Crippen molar-refractivity contribution in [3.05, 3.63) is 22.0 Å². The average Bonchev–Trinajstić information content (AvgIpc) is 2.92. The van der Waals surface area contributed by atoms with Crippen LogP contribution in [-0.4, -0.2) is 29.2 Å². The van der Waals surface area contributed by atoms with Gasteiger partial charge in [0, 0.05) is 34.6 Å². The molecule has 2 heterocycles. The van der Waals surface area contributed by atoms with Crippen LogP contribution in [0.1, 0.15) is 12.8 Å². The lowest BCUT2D eigenvalue weighted by molar-refractivity contribution is 0.233. The lowest BCUT2D eigenvalue weighted by Crippen LogP contribution is -2.45. The summed E-state index contributed by atoms with van der Waals surface area (Å²) in [6.07, 6.45) is 5.95. The normalized spacial score (nSPS) is 31.9. The molecular formula is C11H14IN3O. The molecule has 16 heavy (non-hydrogen) atoms. The molecule has 0 aromatic carbocycles. The number of nitrogens with one attached hydrogen (secondary N) is 2. The molecule has 2 N–H and O–H groups in total. The van der Waals surface area contributed by atoms with Crippen LogP contribution in [0.4, 0.5) is 4.79 Å². The summed E-state index contributed by atoms with van der Waals surface area (Å²) in [5.41, 5.74) is 0. The monoisotopic (exact) mass is 331 g/mol. The van der Waals surface area contributed by atoms with Crippen LogP contribution in [-0.2, 0) is 0 Å². The van der Waals surface area contributed by atoms with Crippen molar-refractivity contribution < 1.29 is 4.79 Å². The van der Waals surface area contributed by atoms with Crippen molar-refractivity contribution in [2.24, 2.45) is 5.92 Å². The van der Waals surface area contributed by atoms with Gasteiger partial charge in [-0.05, 0) is 47.4 Å². The van der Waals surface area contributed by atoms with Gasteiger partial charge in [0.15, 0.2) is 0 Å². The highest BCUT2D eigenvalue weighted by atomic mass is 127. The van der Waals surface area contributed by atoms with Crippen molar-refractivity contribution in [3.8, 4) is 0 Å². The van der Waals surface area contributed by atoms with Crippen molar-refractivity contribution in [2.75, 3.05) is 6.54 Å². The third kappa shape index (κ3) is 1.86. The summed E-state index contributed by atoms with van der Waals surface area (Å²) >= 11 is 2.21. The van der Waals surface area contributed by atoms with Crippen molar-refractivity contribution in [3.63, 3.8) is 0 Å². The second kappa shape index (κ2) is 4.03. The quantitative estimate of drug-likeness (QED) is 0.765. The molecule has 1 amide bonds.